The molecule has 0 bridgehead atoms. The van der Waals surface area contributed by atoms with Gasteiger partial charge in [-0.15, -0.1) is 0 Å². The van der Waals surface area contributed by atoms with Crippen molar-refractivity contribution in [1.82, 2.24) is 5.32 Å². The van der Waals surface area contributed by atoms with E-state index in [1.807, 2.05) is 0 Å². The lowest BCUT2D eigenvalue weighted by Gasteiger charge is -2.44. The quantitative estimate of drug-likeness (QED) is 0.706. The van der Waals surface area contributed by atoms with Crippen LogP contribution in [0.2, 0.25) is 0 Å². The highest BCUT2D eigenvalue weighted by Crippen LogP contribution is 2.55. The largest absolute Gasteiger partial charge is 0.316 e. The van der Waals surface area contributed by atoms with Gasteiger partial charge in [0.05, 0.1) is 0 Å². The van der Waals surface area contributed by atoms with Crippen LogP contribution in [0.15, 0.2) is 0 Å². The molecule has 0 aromatic rings. The lowest BCUT2D eigenvalue weighted by molar-refractivity contribution is 0.0788. The molecule has 1 saturated heterocycles. The zero-order chi connectivity index (χ0) is 9.31. The maximum Gasteiger partial charge on any atom is -0.00177 e. The molecule has 0 spiro atoms. The minimum absolute atomic E-state index is 0.736. The van der Waals surface area contributed by atoms with Gasteiger partial charge in [-0.3, -0.25) is 0 Å². The first-order valence-corrected chi connectivity index (χ1v) is 6.00. The summed E-state index contributed by atoms with van der Waals surface area (Å²) >= 11 is 0. The molecule has 2 unspecified atom stereocenters. The molecule has 0 aromatic carbocycles. The summed E-state index contributed by atoms with van der Waals surface area (Å²) in [5.74, 6) is 2.00. The molecular weight excluding hydrogens is 158 g/mol. The van der Waals surface area contributed by atoms with E-state index >= 15 is 0 Å². The Morgan fingerprint density at radius 3 is 2.69 bits per heavy atom. The molecule has 2 fully saturated rings. The first kappa shape index (κ1) is 9.51. The summed E-state index contributed by atoms with van der Waals surface area (Å²) in [4.78, 5) is 0. The molecule has 1 nitrogen and oxygen atoms in total. The van der Waals surface area contributed by atoms with E-state index in [1.54, 1.807) is 0 Å². The molecule has 2 rings (SSSR count). The lowest BCUT2D eigenvalue weighted by Crippen LogP contribution is -2.45. The first-order chi connectivity index (χ1) is 6.29. The predicted octanol–water partition coefficient (Wildman–Crippen LogP) is 2.81. The summed E-state index contributed by atoms with van der Waals surface area (Å²) < 4.78 is 0. The van der Waals surface area contributed by atoms with Crippen LogP contribution >= 0.6 is 0 Å². The fourth-order valence-electron chi connectivity index (χ4n) is 3.40. The summed E-state index contributed by atoms with van der Waals surface area (Å²) in [7, 11) is 0. The van der Waals surface area contributed by atoms with Crippen LogP contribution in [-0.4, -0.2) is 13.1 Å². The van der Waals surface area contributed by atoms with Crippen molar-refractivity contribution < 1.29 is 0 Å². The SMILES string of the molecule is CCCC1(C2CC2)CCNCC1C. The molecule has 1 heteroatoms. The second kappa shape index (κ2) is 3.61. The van der Waals surface area contributed by atoms with E-state index < -0.39 is 0 Å². The molecule has 0 amide bonds. The first-order valence-electron chi connectivity index (χ1n) is 6.00. The third-order valence-electron chi connectivity index (χ3n) is 4.31. The average Bonchev–Trinajstić information content (AvgIpc) is 2.92. The molecule has 2 aliphatic rings. The monoisotopic (exact) mass is 181 g/mol. The summed E-state index contributed by atoms with van der Waals surface area (Å²) in [6, 6.07) is 0. The Morgan fingerprint density at radius 1 is 1.38 bits per heavy atom. The molecular formula is C12H23N. The molecule has 1 aliphatic carbocycles. The van der Waals surface area contributed by atoms with Crippen LogP contribution in [0.5, 0.6) is 0 Å². The molecule has 1 aliphatic heterocycles. The van der Waals surface area contributed by atoms with Gasteiger partial charge in [0.1, 0.15) is 0 Å². The van der Waals surface area contributed by atoms with Crippen molar-refractivity contribution in [2.45, 2.75) is 46.0 Å². The van der Waals surface area contributed by atoms with Gasteiger partial charge in [-0.05, 0) is 56.0 Å². The van der Waals surface area contributed by atoms with Gasteiger partial charge in [-0.25, -0.2) is 0 Å². The number of piperidine rings is 1. The van der Waals surface area contributed by atoms with Gasteiger partial charge in [0, 0.05) is 0 Å². The van der Waals surface area contributed by atoms with E-state index in [4.69, 9.17) is 0 Å². The van der Waals surface area contributed by atoms with Crippen molar-refractivity contribution in [3.8, 4) is 0 Å². The maximum absolute atomic E-state index is 3.53. The van der Waals surface area contributed by atoms with Crippen LogP contribution in [0.3, 0.4) is 0 Å². The van der Waals surface area contributed by atoms with Crippen molar-refractivity contribution in [3.63, 3.8) is 0 Å². The van der Waals surface area contributed by atoms with E-state index in [0.717, 1.165) is 17.3 Å². The van der Waals surface area contributed by atoms with Crippen LogP contribution in [0.1, 0.15) is 46.0 Å². The molecule has 1 saturated carbocycles. The summed E-state index contributed by atoms with van der Waals surface area (Å²) in [6.45, 7) is 7.33. The molecule has 0 radical (unpaired) electrons. The third kappa shape index (κ3) is 1.63. The maximum atomic E-state index is 3.53. The van der Waals surface area contributed by atoms with Crippen LogP contribution in [0.25, 0.3) is 0 Å². The Balaban J connectivity index is 2.08. The Kier molecular flexibility index (Phi) is 2.64. The van der Waals surface area contributed by atoms with Gasteiger partial charge < -0.3 is 5.32 Å². The second-order valence-electron chi connectivity index (χ2n) is 5.11. The number of rotatable bonds is 3. The predicted molar refractivity (Wildman–Crippen MR) is 56.7 cm³/mol. The van der Waals surface area contributed by atoms with E-state index in [-0.39, 0.29) is 0 Å². The van der Waals surface area contributed by atoms with Crippen molar-refractivity contribution in [2.75, 3.05) is 13.1 Å². The zero-order valence-corrected chi connectivity index (χ0v) is 9.10. The number of hydrogen-bond acceptors (Lipinski definition) is 1. The molecule has 76 valence electrons. The third-order valence-corrected chi connectivity index (χ3v) is 4.31. The lowest BCUT2D eigenvalue weighted by atomic mass is 9.65. The number of hydrogen-bond donors (Lipinski definition) is 1. The van der Waals surface area contributed by atoms with Crippen LogP contribution in [0.4, 0.5) is 0 Å². The Morgan fingerprint density at radius 2 is 2.15 bits per heavy atom. The van der Waals surface area contributed by atoms with Crippen LogP contribution in [0, 0.1) is 17.3 Å². The second-order valence-corrected chi connectivity index (χ2v) is 5.11. The minimum atomic E-state index is 0.736. The summed E-state index contributed by atoms with van der Waals surface area (Å²) in [6.07, 6.45) is 7.32. The van der Waals surface area contributed by atoms with Gasteiger partial charge in [0.2, 0.25) is 0 Å². The Bertz CT molecular complexity index is 170. The fraction of sp³-hybridized carbons (Fsp3) is 1.00. The molecule has 2 atom stereocenters. The molecule has 1 heterocycles. The molecule has 13 heavy (non-hydrogen) atoms. The van der Waals surface area contributed by atoms with E-state index in [1.165, 1.54) is 45.2 Å². The highest BCUT2D eigenvalue weighted by Gasteiger charge is 2.48. The van der Waals surface area contributed by atoms with Gasteiger partial charge in [0.15, 0.2) is 0 Å². The summed E-state index contributed by atoms with van der Waals surface area (Å²) in [5.41, 5.74) is 0.736. The molecule has 1 N–H and O–H groups in total. The standard InChI is InChI=1S/C12H23N/c1-3-6-12(11-4-5-11)7-8-13-9-10(12)2/h10-11,13H,3-9H2,1-2H3. The van der Waals surface area contributed by atoms with Crippen molar-refractivity contribution in [2.24, 2.45) is 17.3 Å². The van der Waals surface area contributed by atoms with E-state index in [0.29, 0.717) is 0 Å². The smallest absolute Gasteiger partial charge is 0.00177 e. The highest BCUT2D eigenvalue weighted by atomic mass is 14.9. The Labute approximate surface area is 82.3 Å². The van der Waals surface area contributed by atoms with E-state index in [2.05, 4.69) is 19.2 Å². The van der Waals surface area contributed by atoms with Crippen molar-refractivity contribution in [3.05, 3.63) is 0 Å². The Hall–Kier alpha value is -0.0400. The zero-order valence-electron chi connectivity index (χ0n) is 9.10. The highest BCUT2D eigenvalue weighted by molar-refractivity contribution is 4.99. The summed E-state index contributed by atoms with van der Waals surface area (Å²) in [5, 5.41) is 3.53. The number of nitrogens with one attached hydrogen (secondary N) is 1. The van der Waals surface area contributed by atoms with E-state index in [9.17, 15) is 0 Å². The molecule has 0 aromatic heterocycles. The van der Waals surface area contributed by atoms with Gasteiger partial charge in [-0.1, -0.05) is 20.3 Å². The normalized spacial score (nSPS) is 40.6. The van der Waals surface area contributed by atoms with Gasteiger partial charge >= 0.3 is 0 Å². The van der Waals surface area contributed by atoms with Crippen LogP contribution in [-0.2, 0) is 0 Å². The topological polar surface area (TPSA) is 12.0 Å². The van der Waals surface area contributed by atoms with Crippen molar-refractivity contribution >= 4 is 0 Å². The average molecular weight is 181 g/mol. The van der Waals surface area contributed by atoms with Gasteiger partial charge in [-0.2, -0.15) is 0 Å². The fourth-order valence-corrected chi connectivity index (χ4v) is 3.40. The van der Waals surface area contributed by atoms with Crippen molar-refractivity contribution in [1.29, 1.82) is 0 Å². The van der Waals surface area contributed by atoms with Crippen LogP contribution < -0.4 is 5.32 Å². The van der Waals surface area contributed by atoms with Gasteiger partial charge in [0.25, 0.3) is 0 Å². The minimum Gasteiger partial charge on any atom is -0.316 e.